The lowest BCUT2D eigenvalue weighted by Crippen LogP contribution is -2.06. The molecule has 16 heavy (non-hydrogen) atoms. The predicted octanol–water partition coefficient (Wildman–Crippen LogP) is 0.0965. The van der Waals surface area contributed by atoms with Gasteiger partial charge in [0.25, 0.3) is 10.1 Å². The van der Waals surface area contributed by atoms with Crippen LogP contribution in [0.25, 0.3) is 0 Å². The molecule has 0 aliphatic heterocycles. The minimum Gasteiger partial charge on any atom is -0.400 e. The Bertz CT molecular complexity index is 245. The number of ketones is 1. The van der Waals surface area contributed by atoms with Gasteiger partial charge < -0.3 is 15.0 Å². The molecule has 0 saturated carbocycles. The third-order valence-electron chi connectivity index (χ3n) is 1.04. The quantitative estimate of drug-likeness (QED) is 0.616. The van der Waals surface area contributed by atoms with Crippen LogP contribution in [0.2, 0.25) is 0 Å². The van der Waals surface area contributed by atoms with Crippen molar-refractivity contribution in [3.05, 3.63) is 0 Å². The monoisotopic (exact) mass is 258 g/mol. The highest BCUT2D eigenvalue weighted by molar-refractivity contribution is 7.85. The predicted molar refractivity (Wildman–Crippen MR) is 61.8 cm³/mol. The Morgan fingerprint density at radius 1 is 1.25 bits per heavy atom. The number of hydrogen-bond donors (Lipinski definition) is 3. The van der Waals surface area contributed by atoms with Crippen LogP contribution in [0.15, 0.2) is 0 Å². The lowest BCUT2D eigenvalue weighted by molar-refractivity contribution is -0.117. The third-order valence-corrected chi connectivity index (χ3v) is 1.74. The number of carbonyl (C=O) groups is 1. The molecule has 0 amide bonds. The Morgan fingerprint density at radius 2 is 1.62 bits per heavy atom. The second-order valence-electron chi connectivity index (χ2n) is 3.31. The molecule has 3 N–H and O–H groups in total. The van der Waals surface area contributed by atoms with Gasteiger partial charge in [0.15, 0.2) is 0 Å². The fourth-order valence-corrected chi connectivity index (χ4v) is 0.921. The van der Waals surface area contributed by atoms with Crippen LogP contribution in [0.3, 0.4) is 0 Å². The first kappa shape index (κ1) is 20.9. The van der Waals surface area contributed by atoms with Crippen LogP contribution in [-0.2, 0) is 14.9 Å². The number of aliphatic hydroxyl groups is 2. The first-order chi connectivity index (χ1) is 7.19. The summed E-state index contributed by atoms with van der Waals surface area (Å²) in [6.07, 6.45) is 0.722. The highest BCUT2D eigenvalue weighted by Crippen LogP contribution is 1.97. The van der Waals surface area contributed by atoms with Crippen molar-refractivity contribution in [3.8, 4) is 0 Å². The second-order valence-corrected chi connectivity index (χ2v) is 4.88. The van der Waals surface area contributed by atoms with Crippen LogP contribution in [0, 0.1) is 5.92 Å². The summed E-state index contributed by atoms with van der Waals surface area (Å²) in [6.45, 7) is 5.18. The standard InChI is InChI=1S/C6H12O.C2H6O4S.CH4O/c1-5(2)4-6(3)7;3-1-2-7(4,5)6;1-2/h5H,4H2,1-3H3;3H,1-2H2,(H,4,5,6);2H,1H3. The maximum Gasteiger partial charge on any atom is 0.267 e. The van der Waals surface area contributed by atoms with Gasteiger partial charge in [-0.1, -0.05) is 13.8 Å². The van der Waals surface area contributed by atoms with Crippen molar-refractivity contribution >= 4 is 15.9 Å². The number of aliphatic hydroxyl groups excluding tert-OH is 2. The fraction of sp³-hybridized carbons (Fsp3) is 0.889. The minimum atomic E-state index is -3.92. The highest BCUT2D eigenvalue weighted by Gasteiger charge is 1.99. The Hall–Kier alpha value is -0.500. The second kappa shape index (κ2) is 12.6. The van der Waals surface area contributed by atoms with Crippen LogP contribution in [0.1, 0.15) is 27.2 Å². The summed E-state index contributed by atoms with van der Waals surface area (Å²) in [5.41, 5.74) is 0. The Balaban J connectivity index is -0.000000183. The molecular formula is C9H22O6S. The zero-order chi connectivity index (χ0) is 13.8. The van der Waals surface area contributed by atoms with Crippen molar-refractivity contribution in [2.24, 2.45) is 5.92 Å². The van der Waals surface area contributed by atoms with E-state index in [0.29, 0.717) is 5.92 Å². The van der Waals surface area contributed by atoms with E-state index in [1.165, 1.54) is 0 Å². The number of carbonyl (C=O) groups excluding carboxylic acids is 1. The van der Waals surface area contributed by atoms with Crippen molar-refractivity contribution in [1.82, 2.24) is 0 Å². The van der Waals surface area contributed by atoms with Crippen molar-refractivity contribution < 1.29 is 28.0 Å². The molecule has 100 valence electrons. The molecule has 0 unspecified atom stereocenters. The molecule has 0 rings (SSSR count). The zero-order valence-corrected chi connectivity index (χ0v) is 11.0. The number of rotatable bonds is 4. The van der Waals surface area contributed by atoms with Crippen LogP contribution in [-0.4, -0.2) is 48.4 Å². The van der Waals surface area contributed by atoms with E-state index in [1.807, 2.05) is 13.8 Å². The van der Waals surface area contributed by atoms with E-state index in [4.69, 9.17) is 14.8 Å². The molecule has 7 heteroatoms. The molecule has 0 bridgehead atoms. The Kier molecular flexibility index (Phi) is 16.4. The average Bonchev–Trinajstić information content (AvgIpc) is 2.03. The number of Topliss-reactive ketones (excluding diaryl/α,β-unsaturated/α-hetero) is 1. The Morgan fingerprint density at radius 3 is 1.62 bits per heavy atom. The van der Waals surface area contributed by atoms with Gasteiger partial charge in [0.05, 0.1) is 12.4 Å². The van der Waals surface area contributed by atoms with Gasteiger partial charge in [0.1, 0.15) is 5.78 Å². The maximum atomic E-state index is 10.3. The van der Waals surface area contributed by atoms with Crippen LogP contribution >= 0.6 is 0 Å². The summed E-state index contributed by atoms with van der Waals surface area (Å²) in [5, 5.41) is 14.9. The first-order valence-electron chi connectivity index (χ1n) is 4.69. The average molecular weight is 258 g/mol. The Labute approximate surface area is 97.0 Å². The lowest BCUT2D eigenvalue weighted by Gasteiger charge is -1.95. The topological polar surface area (TPSA) is 112 Å². The van der Waals surface area contributed by atoms with E-state index < -0.39 is 22.5 Å². The summed E-state index contributed by atoms with van der Waals surface area (Å²) >= 11 is 0. The van der Waals surface area contributed by atoms with E-state index in [9.17, 15) is 13.2 Å². The van der Waals surface area contributed by atoms with E-state index in [0.717, 1.165) is 13.5 Å². The molecule has 0 spiro atoms. The van der Waals surface area contributed by atoms with Gasteiger partial charge >= 0.3 is 0 Å². The molecule has 0 aromatic heterocycles. The van der Waals surface area contributed by atoms with Crippen LogP contribution < -0.4 is 0 Å². The zero-order valence-electron chi connectivity index (χ0n) is 10.2. The molecule has 0 saturated heterocycles. The van der Waals surface area contributed by atoms with Gasteiger partial charge in [-0.05, 0) is 12.8 Å². The SMILES string of the molecule is CC(=O)CC(C)C.CO.O=S(=O)(O)CCO. The van der Waals surface area contributed by atoms with Crippen molar-refractivity contribution in [2.45, 2.75) is 27.2 Å². The first-order valence-corrected chi connectivity index (χ1v) is 6.30. The molecule has 0 aliphatic rings. The third kappa shape index (κ3) is 37.5. The molecule has 0 radical (unpaired) electrons. The van der Waals surface area contributed by atoms with Gasteiger partial charge in [-0.3, -0.25) is 4.55 Å². The molecule has 0 fully saturated rings. The van der Waals surface area contributed by atoms with Crippen LogP contribution in [0.4, 0.5) is 0 Å². The maximum absolute atomic E-state index is 10.3. The largest absolute Gasteiger partial charge is 0.400 e. The molecule has 0 aromatic carbocycles. The van der Waals surface area contributed by atoms with Gasteiger partial charge in [0, 0.05) is 13.5 Å². The van der Waals surface area contributed by atoms with Crippen LogP contribution in [0.5, 0.6) is 0 Å². The molecule has 0 heterocycles. The highest BCUT2D eigenvalue weighted by atomic mass is 32.2. The molecule has 0 aromatic rings. The molecule has 0 aliphatic carbocycles. The normalized spacial score (nSPS) is 9.75. The van der Waals surface area contributed by atoms with Crippen molar-refractivity contribution in [3.63, 3.8) is 0 Å². The minimum absolute atomic E-state index is 0.287. The molecule has 0 atom stereocenters. The summed E-state index contributed by atoms with van der Waals surface area (Å²) in [7, 11) is -2.92. The smallest absolute Gasteiger partial charge is 0.267 e. The molecular weight excluding hydrogens is 236 g/mol. The number of hydrogen-bond acceptors (Lipinski definition) is 5. The summed E-state index contributed by atoms with van der Waals surface area (Å²) in [5.74, 6) is 0.236. The lowest BCUT2D eigenvalue weighted by atomic mass is 10.1. The van der Waals surface area contributed by atoms with Gasteiger partial charge in [-0.15, -0.1) is 0 Å². The van der Waals surface area contributed by atoms with E-state index >= 15 is 0 Å². The summed E-state index contributed by atoms with van der Waals surface area (Å²) < 4.78 is 27.1. The van der Waals surface area contributed by atoms with Gasteiger partial charge in [0.2, 0.25) is 0 Å². The van der Waals surface area contributed by atoms with Gasteiger partial charge in [-0.2, -0.15) is 8.42 Å². The van der Waals surface area contributed by atoms with E-state index in [1.54, 1.807) is 6.92 Å². The van der Waals surface area contributed by atoms with E-state index in [2.05, 4.69) is 0 Å². The van der Waals surface area contributed by atoms with Gasteiger partial charge in [-0.25, -0.2) is 0 Å². The van der Waals surface area contributed by atoms with E-state index in [-0.39, 0.29) is 5.78 Å². The van der Waals surface area contributed by atoms with Crippen molar-refractivity contribution in [1.29, 1.82) is 0 Å². The van der Waals surface area contributed by atoms with Crippen molar-refractivity contribution in [2.75, 3.05) is 19.5 Å². The molecule has 6 nitrogen and oxygen atoms in total. The summed E-state index contributed by atoms with van der Waals surface area (Å²) in [4.78, 5) is 10.3. The summed E-state index contributed by atoms with van der Waals surface area (Å²) in [6, 6.07) is 0. The fourth-order valence-electron chi connectivity index (χ4n) is 0.690.